The van der Waals surface area contributed by atoms with Crippen LogP contribution < -0.4 is 0 Å². The fraction of sp³-hybridized carbons (Fsp3) is 0.929. The van der Waals surface area contributed by atoms with E-state index in [2.05, 4.69) is 13.8 Å². The Bertz CT molecular complexity index is 143. The molecule has 0 rings (SSSR count). The topological polar surface area (TPSA) is 17.1 Å². The first-order valence-corrected chi connectivity index (χ1v) is 6.76. The van der Waals surface area contributed by atoms with Crippen molar-refractivity contribution < 1.29 is 4.79 Å². The zero-order chi connectivity index (χ0) is 11.5. The Labute approximate surface area is 95.6 Å². The fourth-order valence-corrected chi connectivity index (χ4v) is 1.96. The summed E-state index contributed by atoms with van der Waals surface area (Å²) in [5.41, 5.74) is 0. The minimum atomic E-state index is 0.438. The molecule has 0 bridgehead atoms. The summed E-state index contributed by atoms with van der Waals surface area (Å²) in [7, 11) is 0. The van der Waals surface area contributed by atoms with Crippen LogP contribution in [-0.4, -0.2) is 5.78 Å². The minimum Gasteiger partial charge on any atom is -0.300 e. The van der Waals surface area contributed by atoms with Crippen LogP contribution in [0.5, 0.6) is 0 Å². The molecule has 0 aromatic heterocycles. The van der Waals surface area contributed by atoms with E-state index in [0.717, 1.165) is 18.8 Å². The highest BCUT2D eigenvalue weighted by Gasteiger charge is 2.09. The highest BCUT2D eigenvalue weighted by molar-refractivity contribution is 5.77. The summed E-state index contributed by atoms with van der Waals surface area (Å²) in [6.07, 6.45) is 10.5. The number of hydrogen-bond acceptors (Lipinski definition) is 1. The van der Waals surface area contributed by atoms with E-state index in [1.54, 1.807) is 0 Å². The van der Waals surface area contributed by atoms with E-state index >= 15 is 0 Å². The number of carbonyl (C=O) groups is 1. The molecule has 0 saturated carbocycles. The third-order valence-corrected chi connectivity index (χ3v) is 3.16. The summed E-state index contributed by atoms with van der Waals surface area (Å²) >= 11 is 0. The van der Waals surface area contributed by atoms with Gasteiger partial charge >= 0.3 is 0 Å². The molecule has 1 nitrogen and oxygen atoms in total. The van der Waals surface area contributed by atoms with Gasteiger partial charge < -0.3 is 0 Å². The van der Waals surface area contributed by atoms with Crippen molar-refractivity contribution in [2.75, 3.05) is 0 Å². The zero-order valence-electron chi connectivity index (χ0n) is 10.8. The van der Waals surface area contributed by atoms with Gasteiger partial charge in [-0.05, 0) is 12.3 Å². The molecule has 0 radical (unpaired) electrons. The second-order valence-corrected chi connectivity index (χ2v) is 4.58. The second-order valence-electron chi connectivity index (χ2n) is 4.58. The standard InChI is InChI=1S/C14H28O/c1-4-7-9-13(10-8-5-2)11-12-14(15)6-3/h13H,4-12H2,1-3H3. The van der Waals surface area contributed by atoms with E-state index in [1.165, 1.54) is 38.5 Å². The van der Waals surface area contributed by atoms with Crippen molar-refractivity contribution in [3.63, 3.8) is 0 Å². The predicted octanol–water partition coefficient (Wildman–Crippen LogP) is 4.74. The highest BCUT2D eigenvalue weighted by Crippen LogP contribution is 2.21. The molecule has 0 amide bonds. The van der Waals surface area contributed by atoms with Gasteiger partial charge in [-0.1, -0.05) is 59.3 Å². The molecule has 0 heterocycles. The SMILES string of the molecule is CCCCC(CCCC)CCC(=O)CC. The van der Waals surface area contributed by atoms with E-state index < -0.39 is 0 Å². The van der Waals surface area contributed by atoms with Gasteiger partial charge in [0, 0.05) is 12.8 Å². The van der Waals surface area contributed by atoms with Crippen LogP contribution in [0.15, 0.2) is 0 Å². The molecule has 0 aliphatic heterocycles. The number of ketones is 1. The lowest BCUT2D eigenvalue weighted by molar-refractivity contribution is -0.119. The molecule has 0 aliphatic rings. The Morgan fingerprint density at radius 3 is 1.87 bits per heavy atom. The Morgan fingerprint density at radius 2 is 1.47 bits per heavy atom. The number of hydrogen-bond donors (Lipinski definition) is 0. The molecule has 15 heavy (non-hydrogen) atoms. The lowest BCUT2D eigenvalue weighted by Crippen LogP contribution is -2.05. The van der Waals surface area contributed by atoms with Crippen LogP contribution in [0, 0.1) is 5.92 Å². The molecule has 0 atom stereocenters. The molecule has 1 heteroatoms. The molecule has 0 fully saturated rings. The van der Waals surface area contributed by atoms with Gasteiger partial charge in [-0.25, -0.2) is 0 Å². The Kier molecular flexibility index (Phi) is 9.97. The molecule has 0 N–H and O–H groups in total. The first-order valence-electron chi connectivity index (χ1n) is 6.76. The van der Waals surface area contributed by atoms with Gasteiger partial charge in [0.2, 0.25) is 0 Å². The van der Waals surface area contributed by atoms with Crippen LogP contribution in [0.4, 0.5) is 0 Å². The van der Waals surface area contributed by atoms with Crippen LogP contribution in [0.2, 0.25) is 0 Å². The van der Waals surface area contributed by atoms with Crippen LogP contribution in [0.1, 0.15) is 78.6 Å². The van der Waals surface area contributed by atoms with E-state index in [9.17, 15) is 4.79 Å². The minimum absolute atomic E-state index is 0.438. The number of rotatable bonds is 10. The van der Waals surface area contributed by atoms with Gasteiger partial charge in [0.1, 0.15) is 5.78 Å². The van der Waals surface area contributed by atoms with Crippen molar-refractivity contribution in [1.82, 2.24) is 0 Å². The van der Waals surface area contributed by atoms with Crippen molar-refractivity contribution in [3.8, 4) is 0 Å². The second kappa shape index (κ2) is 10.2. The predicted molar refractivity (Wildman–Crippen MR) is 67.1 cm³/mol. The number of Topliss-reactive ketones (excluding diaryl/α,β-unsaturated/α-hetero) is 1. The van der Waals surface area contributed by atoms with E-state index in [4.69, 9.17) is 0 Å². The first-order chi connectivity index (χ1) is 7.24. The van der Waals surface area contributed by atoms with Gasteiger partial charge in [-0.15, -0.1) is 0 Å². The van der Waals surface area contributed by atoms with Crippen LogP contribution >= 0.6 is 0 Å². The third-order valence-electron chi connectivity index (χ3n) is 3.16. The average Bonchev–Trinajstić information content (AvgIpc) is 2.27. The Balaban J connectivity index is 3.72. The Morgan fingerprint density at radius 1 is 0.933 bits per heavy atom. The van der Waals surface area contributed by atoms with E-state index in [-0.39, 0.29) is 0 Å². The molecule has 0 unspecified atom stereocenters. The van der Waals surface area contributed by atoms with Crippen molar-refractivity contribution in [2.24, 2.45) is 5.92 Å². The first kappa shape index (κ1) is 14.7. The summed E-state index contributed by atoms with van der Waals surface area (Å²) in [6.45, 7) is 6.46. The largest absolute Gasteiger partial charge is 0.300 e. The third kappa shape index (κ3) is 8.65. The van der Waals surface area contributed by atoms with Crippen LogP contribution in [0.25, 0.3) is 0 Å². The molecule has 0 spiro atoms. The summed E-state index contributed by atoms with van der Waals surface area (Å²) in [5.74, 6) is 1.24. The van der Waals surface area contributed by atoms with E-state index in [1.807, 2.05) is 6.92 Å². The normalized spacial score (nSPS) is 10.9. The van der Waals surface area contributed by atoms with Gasteiger partial charge in [0.15, 0.2) is 0 Å². The van der Waals surface area contributed by atoms with Crippen molar-refractivity contribution >= 4 is 5.78 Å². The van der Waals surface area contributed by atoms with Gasteiger partial charge in [-0.2, -0.15) is 0 Å². The monoisotopic (exact) mass is 212 g/mol. The van der Waals surface area contributed by atoms with Crippen molar-refractivity contribution in [2.45, 2.75) is 78.6 Å². The summed E-state index contributed by atoms with van der Waals surface area (Å²) in [6, 6.07) is 0. The highest BCUT2D eigenvalue weighted by atomic mass is 16.1. The lowest BCUT2D eigenvalue weighted by atomic mass is 9.90. The lowest BCUT2D eigenvalue weighted by Gasteiger charge is -2.15. The maximum Gasteiger partial charge on any atom is 0.132 e. The Hall–Kier alpha value is -0.330. The van der Waals surface area contributed by atoms with Crippen LogP contribution in [-0.2, 0) is 4.79 Å². The van der Waals surface area contributed by atoms with Crippen molar-refractivity contribution in [3.05, 3.63) is 0 Å². The molecular weight excluding hydrogens is 184 g/mol. The average molecular weight is 212 g/mol. The van der Waals surface area contributed by atoms with Gasteiger partial charge in [0.25, 0.3) is 0 Å². The molecule has 0 aromatic carbocycles. The molecule has 0 aromatic rings. The maximum absolute atomic E-state index is 11.3. The summed E-state index contributed by atoms with van der Waals surface area (Å²) in [4.78, 5) is 11.3. The molecular formula is C14H28O. The fourth-order valence-electron chi connectivity index (χ4n) is 1.96. The maximum atomic E-state index is 11.3. The van der Waals surface area contributed by atoms with Gasteiger partial charge in [0.05, 0.1) is 0 Å². The van der Waals surface area contributed by atoms with Gasteiger partial charge in [-0.3, -0.25) is 4.79 Å². The quantitative estimate of drug-likeness (QED) is 0.511. The zero-order valence-corrected chi connectivity index (χ0v) is 10.8. The molecule has 90 valence electrons. The summed E-state index contributed by atoms with van der Waals surface area (Å²) < 4.78 is 0. The van der Waals surface area contributed by atoms with Crippen LogP contribution in [0.3, 0.4) is 0 Å². The summed E-state index contributed by atoms with van der Waals surface area (Å²) in [5, 5.41) is 0. The molecule has 0 saturated heterocycles. The number of unbranched alkanes of at least 4 members (excludes halogenated alkanes) is 2. The van der Waals surface area contributed by atoms with Crippen molar-refractivity contribution in [1.29, 1.82) is 0 Å². The molecule has 0 aliphatic carbocycles. The smallest absolute Gasteiger partial charge is 0.132 e. The van der Waals surface area contributed by atoms with E-state index in [0.29, 0.717) is 12.2 Å². The number of carbonyl (C=O) groups excluding carboxylic acids is 1.